The van der Waals surface area contributed by atoms with Gasteiger partial charge in [-0.2, -0.15) is 5.10 Å². The fourth-order valence-corrected chi connectivity index (χ4v) is 3.84. The summed E-state index contributed by atoms with van der Waals surface area (Å²) >= 11 is 0. The number of carbonyl (C=O) groups is 1. The van der Waals surface area contributed by atoms with Crippen molar-refractivity contribution in [3.8, 4) is 5.82 Å². The van der Waals surface area contributed by atoms with Crippen LogP contribution in [0.3, 0.4) is 0 Å². The van der Waals surface area contributed by atoms with Crippen molar-refractivity contribution in [2.45, 2.75) is 44.7 Å². The highest BCUT2D eigenvalue weighted by Crippen LogP contribution is 2.41. The second kappa shape index (κ2) is 7.42. The maximum Gasteiger partial charge on any atom is 0.315 e. The van der Waals surface area contributed by atoms with E-state index < -0.39 is 0 Å². The molecule has 2 heterocycles. The molecule has 1 aromatic carbocycles. The number of carbonyl (C=O) groups excluding carboxylic acids is 1. The molecule has 0 bridgehead atoms. The minimum Gasteiger partial charge on any atom is -0.334 e. The molecule has 0 unspecified atom stereocenters. The lowest BCUT2D eigenvalue weighted by atomic mass is 9.71. The monoisotopic (exact) mass is 376 g/mol. The highest BCUT2D eigenvalue weighted by Gasteiger charge is 2.32. The van der Waals surface area contributed by atoms with Crippen molar-refractivity contribution < 1.29 is 4.79 Å². The fourth-order valence-electron chi connectivity index (χ4n) is 3.84. The lowest BCUT2D eigenvalue weighted by Crippen LogP contribution is -2.41. The molecule has 0 saturated carbocycles. The third-order valence-corrected chi connectivity index (χ3v) is 5.37. The van der Waals surface area contributed by atoms with Gasteiger partial charge in [-0.05, 0) is 35.4 Å². The van der Waals surface area contributed by atoms with E-state index in [-0.39, 0.29) is 17.5 Å². The molecule has 7 nitrogen and oxygen atoms in total. The van der Waals surface area contributed by atoms with E-state index in [9.17, 15) is 4.79 Å². The summed E-state index contributed by atoms with van der Waals surface area (Å²) in [6.07, 6.45) is 6.71. The van der Waals surface area contributed by atoms with Gasteiger partial charge in [0, 0.05) is 18.3 Å². The van der Waals surface area contributed by atoms with E-state index in [0.717, 1.165) is 18.4 Å². The van der Waals surface area contributed by atoms with E-state index in [2.05, 4.69) is 57.7 Å². The molecule has 1 aliphatic rings. The van der Waals surface area contributed by atoms with Crippen molar-refractivity contribution in [3.63, 3.8) is 0 Å². The average Bonchev–Trinajstić information content (AvgIpc) is 3.24. The summed E-state index contributed by atoms with van der Waals surface area (Å²) in [4.78, 5) is 20.9. The van der Waals surface area contributed by atoms with Gasteiger partial charge in [0.05, 0.1) is 6.04 Å². The highest BCUT2D eigenvalue weighted by atomic mass is 16.2. The van der Waals surface area contributed by atoms with Gasteiger partial charge in [0.2, 0.25) is 0 Å². The zero-order valence-corrected chi connectivity index (χ0v) is 16.1. The quantitative estimate of drug-likeness (QED) is 0.732. The number of hydrogen-bond donors (Lipinski definition) is 2. The normalized spacial score (nSPS) is 17.6. The Labute approximate surface area is 164 Å². The molecule has 0 aliphatic heterocycles. The molecule has 2 N–H and O–H groups in total. The first-order valence-corrected chi connectivity index (χ1v) is 9.47. The number of fused-ring (bicyclic) bond motifs is 1. The van der Waals surface area contributed by atoms with Crippen LogP contribution in [0.2, 0.25) is 0 Å². The molecule has 2 aromatic heterocycles. The largest absolute Gasteiger partial charge is 0.334 e. The van der Waals surface area contributed by atoms with Gasteiger partial charge in [-0.15, -0.1) is 0 Å². The molecule has 0 radical (unpaired) electrons. The van der Waals surface area contributed by atoms with Crippen molar-refractivity contribution in [2.24, 2.45) is 0 Å². The number of urea groups is 1. The molecule has 0 fully saturated rings. The van der Waals surface area contributed by atoms with Crippen molar-refractivity contribution >= 4 is 6.03 Å². The number of amides is 2. The SMILES string of the molecule is CC1(C)CC[C@@H](NC(=O)NCc2cccnc2-n2cncn2)c2ccccc21. The summed E-state index contributed by atoms with van der Waals surface area (Å²) in [5.74, 6) is 0.657. The van der Waals surface area contributed by atoms with Crippen LogP contribution in [0.15, 0.2) is 55.2 Å². The first kappa shape index (κ1) is 18.2. The molecular formula is C21H24N6O. The number of benzene rings is 1. The number of pyridine rings is 1. The summed E-state index contributed by atoms with van der Waals surface area (Å²) in [5, 5.41) is 10.2. The van der Waals surface area contributed by atoms with Crippen LogP contribution in [0.5, 0.6) is 0 Å². The standard InChI is InChI=1S/C21H24N6O/c1-21(2)10-9-18(16-7-3-4-8-17(16)21)26-20(28)24-12-15-6-5-11-23-19(15)27-14-22-13-25-27/h3-8,11,13-14,18H,9-10,12H2,1-2H3,(H2,24,26,28)/t18-/m1/s1. The summed E-state index contributed by atoms with van der Waals surface area (Å²) < 4.78 is 1.59. The summed E-state index contributed by atoms with van der Waals surface area (Å²) in [6, 6.07) is 12.0. The van der Waals surface area contributed by atoms with E-state index in [0.29, 0.717) is 12.4 Å². The maximum atomic E-state index is 12.6. The van der Waals surface area contributed by atoms with Gasteiger partial charge in [0.25, 0.3) is 0 Å². The number of hydrogen-bond acceptors (Lipinski definition) is 4. The zero-order valence-electron chi connectivity index (χ0n) is 16.1. The fraction of sp³-hybridized carbons (Fsp3) is 0.333. The first-order chi connectivity index (χ1) is 13.5. The smallest absolute Gasteiger partial charge is 0.315 e. The Hall–Kier alpha value is -3.22. The van der Waals surface area contributed by atoms with Crippen molar-refractivity contribution in [1.82, 2.24) is 30.4 Å². The van der Waals surface area contributed by atoms with Crippen molar-refractivity contribution in [1.29, 1.82) is 0 Å². The molecular weight excluding hydrogens is 352 g/mol. The highest BCUT2D eigenvalue weighted by molar-refractivity contribution is 5.74. The van der Waals surface area contributed by atoms with Crippen LogP contribution in [0.4, 0.5) is 4.79 Å². The third kappa shape index (κ3) is 3.60. The number of rotatable bonds is 4. The maximum absolute atomic E-state index is 12.6. The van der Waals surface area contributed by atoms with Gasteiger partial charge in [-0.3, -0.25) is 0 Å². The molecule has 1 aliphatic carbocycles. The summed E-state index contributed by atoms with van der Waals surface area (Å²) in [6.45, 7) is 4.88. The van der Waals surface area contributed by atoms with Gasteiger partial charge < -0.3 is 10.6 Å². The zero-order chi connectivity index (χ0) is 19.6. The van der Waals surface area contributed by atoms with E-state index >= 15 is 0 Å². The van der Waals surface area contributed by atoms with Crippen LogP contribution in [-0.4, -0.2) is 25.8 Å². The molecule has 144 valence electrons. The Morgan fingerprint density at radius 2 is 2.11 bits per heavy atom. The topological polar surface area (TPSA) is 84.7 Å². The summed E-state index contributed by atoms with van der Waals surface area (Å²) in [7, 11) is 0. The van der Waals surface area contributed by atoms with Gasteiger partial charge in [-0.25, -0.2) is 19.4 Å². The van der Waals surface area contributed by atoms with E-state index in [4.69, 9.17) is 0 Å². The Kier molecular flexibility index (Phi) is 4.81. The van der Waals surface area contributed by atoms with Crippen LogP contribution in [0, 0.1) is 0 Å². The average molecular weight is 376 g/mol. The van der Waals surface area contributed by atoms with Gasteiger partial charge in [0.1, 0.15) is 12.7 Å². The molecule has 4 rings (SSSR count). The van der Waals surface area contributed by atoms with E-state index in [1.165, 1.54) is 17.5 Å². The lowest BCUT2D eigenvalue weighted by Gasteiger charge is -2.37. The predicted octanol–water partition coefficient (Wildman–Crippen LogP) is 3.27. The Morgan fingerprint density at radius 3 is 2.93 bits per heavy atom. The molecule has 7 heteroatoms. The second-order valence-electron chi connectivity index (χ2n) is 7.72. The third-order valence-electron chi connectivity index (χ3n) is 5.37. The van der Waals surface area contributed by atoms with Crippen LogP contribution < -0.4 is 10.6 Å². The van der Waals surface area contributed by atoms with Crippen molar-refractivity contribution in [3.05, 3.63) is 71.9 Å². The minimum absolute atomic E-state index is 0.0212. The van der Waals surface area contributed by atoms with Crippen LogP contribution in [0.1, 0.15) is 49.4 Å². The van der Waals surface area contributed by atoms with Crippen LogP contribution in [-0.2, 0) is 12.0 Å². The number of aromatic nitrogens is 4. The first-order valence-electron chi connectivity index (χ1n) is 9.47. The molecule has 1 atom stereocenters. The number of nitrogens with one attached hydrogen (secondary N) is 2. The Bertz CT molecular complexity index is 967. The molecule has 0 spiro atoms. The summed E-state index contributed by atoms with van der Waals surface area (Å²) in [5.41, 5.74) is 3.52. The van der Waals surface area contributed by atoms with Gasteiger partial charge in [-0.1, -0.05) is 44.2 Å². The molecule has 28 heavy (non-hydrogen) atoms. The molecule has 2 amide bonds. The second-order valence-corrected chi connectivity index (χ2v) is 7.72. The van der Waals surface area contributed by atoms with Gasteiger partial charge >= 0.3 is 6.03 Å². The minimum atomic E-state index is -0.187. The van der Waals surface area contributed by atoms with Gasteiger partial charge in [0.15, 0.2) is 5.82 Å². The van der Waals surface area contributed by atoms with Crippen molar-refractivity contribution in [2.75, 3.05) is 0 Å². The Morgan fingerprint density at radius 1 is 1.25 bits per heavy atom. The molecule has 0 saturated heterocycles. The Balaban J connectivity index is 1.44. The molecule has 3 aromatic rings. The van der Waals surface area contributed by atoms with E-state index in [1.54, 1.807) is 17.2 Å². The van der Waals surface area contributed by atoms with E-state index in [1.807, 2.05) is 18.2 Å². The predicted molar refractivity (Wildman–Crippen MR) is 106 cm³/mol. The van der Waals surface area contributed by atoms with Crippen LogP contribution >= 0.6 is 0 Å². The van der Waals surface area contributed by atoms with Crippen LogP contribution in [0.25, 0.3) is 5.82 Å². The lowest BCUT2D eigenvalue weighted by molar-refractivity contribution is 0.233. The number of nitrogens with zero attached hydrogens (tertiary/aromatic N) is 4.